The van der Waals surface area contributed by atoms with Crippen LogP contribution in [0.4, 0.5) is 4.79 Å². The lowest BCUT2D eigenvalue weighted by molar-refractivity contribution is -0.139. The van der Waals surface area contributed by atoms with Crippen molar-refractivity contribution in [2.45, 2.75) is 32.4 Å². The van der Waals surface area contributed by atoms with Crippen LogP contribution in [0.25, 0.3) is 0 Å². The van der Waals surface area contributed by atoms with Gasteiger partial charge in [0.25, 0.3) is 0 Å². The molecule has 1 unspecified atom stereocenters. The summed E-state index contributed by atoms with van der Waals surface area (Å²) in [5.74, 6) is -0.342. The Labute approximate surface area is 126 Å². The molecule has 0 saturated heterocycles. The van der Waals surface area contributed by atoms with Crippen molar-refractivity contribution >= 4 is 35.1 Å². The molecule has 1 aromatic heterocycles. The first kappa shape index (κ1) is 16.8. The molecule has 6 nitrogen and oxygen atoms in total. The quantitative estimate of drug-likeness (QED) is 0.715. The van der Waals surface area contributed by atoms with E-state index in [4.69, 9.17) is 5.11 Å². The molecule has 0 spiro atoms. The molecule has 0 radical (unpaired) electrons. The highest BCUT2D eigenvalue weighted by atomic mass is 32.2. The van der Waals surface area contributed by atoms with E-state index in [1.165, 1.54) is 11.3 Å². The summed E-state index contributed by atoms with van der Waals surface area (Å²) in [4.78, 5) is 27.1. The van der Waals surface area contributed by atoms with Gasteiger partial charge in [0.2, 0.25) is 0 Å². The Morgan fingerprint density at radius 3 is 2.70 bits per heavy atom. The second-order valence-electron chi connectivity index (χ2n) is 4.34. The van der Waals surface area contributed by atoms with E-state index in [0.717, 1.165) is 10.7 Å². The average Bonchev–Trinajstić information content (AvgIpc) is 2.80. The fraction of sp³-hybridized carbons (Fsp3) is 0.583. The van der Waals surface area contributed by atoms with Gasteiger partial charge in [-0.15, -0.1) is 11.3 Å². The van der Waals surface area contributed by atoms with Gasteiger partial charge in [-0.3, -0.25) is 0 Å². The van der Waals surface area contributed by atoms with Gasteiger partial charge in [0.1, 0.15) is 11.0 Å². The summed E-state index contributed by atoms with van der Waals surface area (Å²) in [5, 5.41) is 16.9. The van der Waals surface area contributed by atoms with Gasteiger partial charge in [-0.25, -0.2) is 14.6 Å². The first-order valence-corrected chi connectivity index (χ1v) is 8.42. The number of hydrogen-bond acceptors (Lipinski definition) is 5. The van der Waals surface area contributed by atoms with E-state index in [1.807, 2.05) is 25.5 Å². The molecule has 0 fully saturated rings. The van der Waals surface area contributed by atoms with E-state index in [0.29, 0.717) is 12.2 Å². The summed E-state index contributed by atoms with van der Waals surface area (Å²) in [6, 6.07) is -1.60. The number of carboxylic acid groups (broad SMARTS) is 1. The van der Waals surface area contributed by atoms with Crippen LogP contribution >= 0.6 is 23.1 Å². The molecule has 1 heterocycles. The normalized spacial score (nSPS) is 13.6. The summed E-state index contributed by atoms with van der Waals surface area (Å²) >= 11 is 3.01. The number of rotatable bonds is 7. The molecule has 0 aliphatic rings. The van der Waals surface area contributed by atoms with E-state index in [2.05, 4.69) is 15.6 Å². The SMILES string of the molecule is CSCC[C@H](NC(=O)NC(C)c1nc(C)cs1)C(=O)O. The van der Waals surface area contributed by atoms with Gasteiger partial charge in [-0.1, -0.05) is 0 Å². The van der Waals surface area contributed by atoms with Crippen molar-refractivity contribution in [3.8, 4) is 0 Å². The zero-order valence-corrected chi connectivity index (χ0v) is 13.3. The zero-order chi connectivity index (χ0) is 15.1. The second kappa shape index (κ2) is 8.11. The van der Waals surface area contributed by atoms with Crippen molar-refractivity contribution in [2.24, 2.45) is 0 Å². The van der Waals surface area contributed by atoms with Crippen LogP contribution in [0, 0.1) is 6.92 Å². The number of aryl methyl sites for hydroxylation is 1. The molecule has 20 heavy (non-hydrogen) atoms. The standard InChI is InChI=1S/C12H19N3O3S2/c1-7-6-20-10(13-7)8(2)14-12(18)15-9(11(16)17)4-5-19-3/h6,8-9H,4-5H2,1-3H3,(H,16,17)(H2,14,15,18)/t8?,9-/m0/s1. The molecule has 2 atom stereocenters. The second-order valence-corrected chi connectivity index (χ2v) is 6.21. The zero-order valence-electron chi connectivity index (χ0n) is 11.7. The highest BCUT2D eigenvalue weighted by molar-refractivity contribution is 7.98. The number of carboxylic acids is 1. The van der Waals surface area contributed by atoms with Crippen molar-refractivity contribution in [3.63, 3.8) is 0 Å². The van der Waals surface area contributed by atoms with Crippen LogP contribution < -0.4 is 10.6 Å². The predicted octanol–water partition coefficient (Wildman–Crippen LogP) is 2.02. The molecule has 8 heteroatoms. The van der Waals surface area contributed by atoms with Crippen molar-refractivity contribution in [2.75, 3.05) is 12.0 Å². The molecule has 112 valence electrons. The number of nitrogens with one attached hydrogen (secondary N) is 2. The lowest BCUT2D eigenvalue weighted by Gasteiger charge is -2.17. The number of amides is 2. The summed E-state index contributed by atoms with van der Waals surface area (Å²) in [5.41, 5.74) is 0.905. The maximum atomic E-state index is 11.8. The summed E-state index contributed by atoms with van der Waals surface area (Å²) in [6.45, 7) is 3.70. The third kappa shape index (κ3) is 5.38. The number of urea groups is 1. The van der Waals surface area contributed by atoms with Gasteiger partial charge in [0.05, 0.1) is 6.04 Å². The first-order chi connectivity index (χ1) is 9.43. The summed E-state index contributed by atoms with van der Waals surface area (Å²) in [7, 11) is 0. The lowest BCUT2D eigenvalue weighted by Crippen LogP contribution is -2.46. The van der Waals surface area contributed by atoms with E-state index >= 15 is 0 Å². The van der Waals surface area contributed by atoms with Gasteiger partial charge in [0, 0.05) is 11.1 Å². The fourth-order valence-electron chi connectivity index (χ4n) is 1.52. The molecule has 0 saturated carbocycles. The minimum Gasteiger partial charge on any atom is -0.480 e. The minimum atomic E-state index is -1.02. The topological polar surface area (TPSA) is 91.3 Å². The summed E-state index contributed by atoms with van der Waals surface area (Å²) in [6.07, 6.45) is 2.29. The van der Waals surface area contributed by atoms with Gasteiger partial charge in [-0.2, -0.15) is 11.8 Å². The third-order valence-electron chi connectivity index (χ3n) is 2.57. The molecule has 2 amide bonds. The molecule has 0 aliphatic heterocycles. The molecule has 1 aromatic rings. The van der Waals surface area contributed by atoms with Crippen LogP contribution in [-0.4, -0.2) is 40.1 Å². The highest BCUT2D eigenvalue weighted by Gasteiger charge is 2.21. The molecular formula is C12H19N3O3S2. The van der Waals surface area contributed by atoms with E-state index in [-0.39, 0.29) is 6.04 Å². The van der Waals surface area contributed by atoms with E-state index in [1.54, 1.807) is 11.8 Å². The minimum absolute atomic E-state index is 0.247. The third-order valence-corrected chi connectivity index (χ3v) is 4.36. The Bertz CT molecular complexity index is 465. The number of carbonyl (C=O) groups is 2. The predicted molar refractivity (Wildman–Crippen MR) is 81.4 cm³/mol. The number of aromatic nitrogens is 1. The Kier molecular flexibility index (Phi) is 6.80. The number of thiazole rings is 1. The molecule has 0 aliphatic carbocycles. The van der Waals surface area contributed by atoms with Gasteiger partial charge in [0.15, 0.2) is 0 Å². The molecule has 0 aromatic carbocycles. The van der Waals surface area contributed by atoms with Gasteiger partial charge in [-0.05, 0) is 32.3 Å². The van der Waals surface area contributed by atoms with Crippen molar-refractivity contribution in [1.82, 2.24) is 15.6 Å². The van der Waals surface area contributed by atoms with Crippen molar-refractivity contribution in [1.29, 1.82) is 0 Å². The molecule has 1 rings (SSSR count). The molecule has 3 N–H and O–H groups in total. The number of thioether (sulfide) groups is 1. The summed E-state index contributed by atoms with van der Waals surface area (Å²) < 4.78 is 0. The van der Waals surface area contributed by atoms with Crippen LogP contribution in [0.3, 0.4) is 0 Å². The van der Waals surface area contributed by atoms with Crippen LogP contribution in [0.15, 0.2) is 5.38 Å². The van der Waals surface area contributed by atoms with E-state index < -0.39 is 18.0 Å². The van der Waals surface area contributed by atoms with Crippen LogP contribution in [0.5, 0.6) is 0 Å². The Morgan fingerprint density at radius 2 is 2.20 bits per heavy atom. The van der Waals surface area contributed by atoms with Crippen molar-refractivity contribution in [3.05, 3.63) is 16.1 Å². The number of hydrogen-bond donors (Lipinski definition) is 3. The number of nitrogens with zero attached hydrogens (tertiary/aromatic N) is 1. The van der Waals surface area contributed by atoms with Crippen LogP contribution in [0.2, 0.25) is 0 Å². The van der Waals surface area contributed by atoms with Crippen LogP contribution in [-0.2, 0) is 4.79 Å². The van der Waals surface area contributed by atoms with Crippen LogP contribution in [0.1, 0.15) is 30.1 Å². The molecular weight excluding hydrogens is 298 g/mol. The Hall–Kier alpha value is -1.28. The maximum Gasteiger partial charge on any atom is 0.326 e. The van der Waals surface area contributed by atoms with E-state index in [9.17, 15) is 9.59 Å². The molecule has 0 bridgehead atoms. The van der Waals surface area contributed by atoms with Gasteiger partial charge < -0.3 is 15.7 Å². The van der Waals surface area contributed by atoms with Gasteiger partial charge >= 0.3 is 12.0 Å². The smallest absolute Gasteiger partial charge is 0.326 e. The average molecular weight is 317 g/mol. The first-order valence-electron chi connectivity index (χ1n) is 6.14. The number of aliphatic carboxylic acids is 1. The monoisotopic (exact) mass is 317 g/mol. The van der Waals surface area contributed by atoms with Crippen molar-refractivity contribution < 1.29 is 14.7 Å². The highest BCUT2D eigenvalue weighted by Crippen LogP contribution is 2.17. The lowest BCUT2D eigenvalue weighted by atomic mass is 10.2. The largest absolute Gasteiger partial charge is 0.480 e. The fourth-order valence-corrected chi connectivity index (χ4v) is 2.80. The Balaban J connectivity index is 2.50. The Morgan fingerprint density at radius 1 is 1.50 bits per heavy atom. The maximum absolute atomic E-state index is 11.8. The number of carbonyl (C=O) groups excluding carboxylic acids is 1.